The Hall–Kier alpha value is -0.683. The lowest BCUT2D eigenvalue weighted by Crippen LogP contribution is -2.41. The molecule has 0 bridgehead atoms. The number of carbonyl (C=O) groups excluding carboxylic acids is 2. The molecule has 0 aliphatic carbocycles. The standard InChI is InChI=1S/C10H18O4Si/c1-5-10(6-2)8(12)14-7(11)9(10,3)15-13-4/h5-6,15H2,1-4H3. The van der Waals surface area contributed by atoms with Crippen molar-refractivity contribution in [2.75, 3.05) is 7.11 Å². The Labute approximate surface area is 92.3 Å². The van der Waals surface area contributed by atoms with E-state index in [2.05, 4.69) is 0 Å². The summed E-state index contributed by atoms with van der Waals surface area (Å²) in [4.78, 5) is 23.5. The van der Waals surface area contributed by atoms with Gasteiger partial charge in [0.1, 0.15) is 0 Å². The second kappa shape index (κ2) is 4.06. The Morgan fingerprint density at radius 1 is 1.27 bits per heavy atom. The maximum Gasteiger partial charge on any atom is 0.320 e. The van der Waals surface area contributed by atoms with Crippen LogP contribution in [0.25, 0.3) is 0 Å². The number of rotatable bonds is 4. The Kier molecular flexibility index (Phi) is 3.35. The summed E-state index contributed by atoms with van der Waals surface area (Å²) in [6.07, 6.45) is 1.25. The third-order valence-corrected chi connectivity index (χ3v) is 5.55. The summed E-state index contributed by atoms with van der Waals surface area (Å²) in [5.41, 5.74) is -0.660. The minimum Gasteiger partial charge on any atom is -0.426 e. The molecule has 0 amide bonds. The van der Waals surface area contributed by atoms with Crippen molar-refractivity contribution in [3.05, 3.63) is 0 Å². The van der Waals surface area contributed by atoms with Gasteiger partial charge < -0.3 is 9.16 Å². The van der Waals surface area contributed by atoms with Gasteiger partial charge >= 0.3 is 11.9 Å². The SMILES string of the molecule is CCC1(CC)C(=O)OC(=O)C1(C)[SiH2]OC. The van der Waals surface area contributed by atoms with Crippen LogP contribution in [0.5, 0.6) is 0 Å². The van der Waals surface area contributed by atoms with Crippen molar-refractivity contribution in [1.29, 1.82) is 0 Å². The lowest BCUT2D eigenvalue weighted by molar-refractivity contribution is -0.155. The first-order chi connectivity index (χ1) is 6.98. The molecule has 0 spiro atoms. The lowest BCUT2D eigenvalue weighted by Gasteiger charge is -2.34. The third-order valence-electron chi connectivity index (χ3n) is 3.72. The molecule has 0 aromatic carbocycles. The van der Waals surface area contributed by atoms with Crippen molar-refractivity contribution in [1.82, 2.24) is 0 Å². The summed E-state index contributed by atoms with van der Waals surface area (Å²) in [5.74, 6) is -0.769. The molecule has 4 nitrogen and oxygen atoms in total. The van der Waals surface area contributed by atoms with E-state index >= 15 is 0 Å². The molecular formula is C10H18O4Si. The van der Waals surface area contributed by atoms with E-state index in [0.717, 1.165) is 0 Å². The van der Waals surface area contributed by atoms with Crippen molar-refractivity contribution in [2.24, 2.45) is 5.41 Å². The molecule has 1 fully saturated rings. The molecular weight excluding hydrogens is 212 g/mol. The second-order valence-electron chi connectivity index (χ2n) is 4.23. The van der Waals surface area contributed by atoms with Gasteiger partial charge in [-0.2, -0.15) is 0 Å². The number of ether oxygens (including phenoxy) is 1. The van der Waals surface area contributed by atoms with Crippen LogP contribution < -0.4 is 0 Å². The number of hydrogen-bond acceptors (Lipinski definition) is 4. The smallest absolute Gasteiger partial charge is 0.320 e. The van der Waals surface area contributed by atoms with E-state index in [1.54, 1.807) is 7.11 Å². The van der Waals surface area contributed by atoms with Gasteiger partial charge in [-0.05, 0) is 19.8 Å². The largest absolute Gasteiger partial charge is 0.426 e. The van der Waals surface area contributed by atoms with Crippen molar-refractivity contribution in [3.8, 4) is 0 Å². The zero-order chi connectivity index (χ0) is 11.7. The van der Waals surface area contributed by atoms with E-state index in [0.29, 0.717) is 12.8 Å². The molecule has 1 aliphatic rings. The predicted octanol–water partition coefficient (Wildman–Crippen LogP) is 0.785. The van der Waals surface area contributed by atoms with Gasteiger partial charge in [0.25, 0.3) is 0 Å². The summed E-state index contributed by atoms with van der Waals surface area (Å²) in [7, 11) is 0.488. The van der Waals surface area contributed by atoms with Crippen LogP contribution in [-0.4, -0.2) is 28.8 Å². The molecule has 15 heavy (non-hydrogen) atoms. The quantitative estimate of drug-likeness (QED) is 0.407. The van der Waals surface area contributed by atoms with Gasteiger partial charge in [0, 0.05) is 7.11 Å². The van der Waals surface area contributed by atoms with Crippen LogP contribution in [-0.2, 0) is 18.8 Å². The van der Waals surface area contributed by atoms with Crippen LogP contribution in [0.4, 0.5) is 0 Å². The lowest BCUT2D eigenvalue weighted by atomic mass is 9.73. The number of esters is 2. The maximum absolute atomic E-state index is 11.8. The molecule has 0 aromatic heterocycles. The molecule has 0 saturated carbocycles. The fourth-order valence-corrected chi connectivity index (χ4v) is 4.21. The maximum atomic E-state index is 11.8. The summed E-state index contributed by atoms with van der Waals surface area (Å²) >= 11 is 0. The molecule has 1 unspecified atom stereocenters. The summed E-state index contributed by atoms with van der Waals surface area (Å²) in [5, 5.41) is -0.706. The molecule has 0 N–H and O–H groups in total. The molecule has 0 aromatic rings. The van der Waals surface area contributed by atoms with E-state index in [4.69, 9.17) is 9.16 Å². The van der Waals surface area contributed by atoms with Crippen molar-refractivity contribution >= 4 is 21.7 Å². The van der Waals surface area contributed by atoms with Crippen LogP contribution >= 0.6 is 0 Å². The summed E-state index contributed by atoms with van der Waals surface area (Å²) in [6.45, 7) is 5.65. The average Bonchev–Trinajstić information content (AvgIpc) is 2.37. The highest BCUT2D eigenvalue weighted by molar-refractivity contribution is 6.43. The van der Waals surface area contributed by atoms with Crippen LogP contribution in [0.2, 0.25) is 5.04 Å². The predicted molar refractivity (Wildman–Crippen MR) is 58.0 cm³/mol. The average molecular weight is 230 g/mol. The molecule has 1 atom stereocenters. The summed E-state index contributed by atoms with van der Waals surface area (Å²) in [6, 6.07) is 0. The topological polar surface area (TPSA) is 52.6 Å². The minimum absolute atomic E-state index is 0.371. The zero-order valence-electron chi connectivity index (χ0n) is 9.75. The molecule has 1 rings (SSSR count). The summed E-state index contributed by atoms with van der Waals surface area (Å²) < 4.78 is 10.00. The van der Waals surface area contributed by atoms with E-state index in [1.807, 2.05) is 20.8 Å². The Balaban J connectivity index is 3.20. The van der Waals surface area contributed by atoms with Crippen LogP contribution in [0.3, 0.4) is 0 Å². The first kappa shape index (κ1) is 12.4. The van der Waals surface area contributed by atoms with Gasteiger partial charge in [0.05, 0.1) is 10.5 Å². The fourth-order valence-electron chi connectivity index (χ4n) is 2.52. The molecule has 5 heteroatoms. The van der Waals surface area contributed by atoms with E-state index in [1.165, 1.54) is 0 Å². The number of cyclic esters (lactones) is 2. The first-order valence-electron chi connectivity index (χ1n) is 5.24. The molecule has 0 radical (unpaired) electrons. The highest BCUT2D eigenvalue weighted by atomic mass is 28.2. The van der Waals surface area contributed by atoms with Gasteiger partial charge in [-0.15, -0.1) is 0 Å². The normalized spacial score (nSPS) is 30.1. The van der Waals surface area contributed by atoms with Crippen LogP contribution in [0.1, 0.15) is 33.6 Å². The minimum atomic E-state index is -1.10. The Morgan fingerprint density at radius 3 is 2.20 bits per heavy atom. The monoisotopic (exact) mass is 230 g/mol. The Bertz CT molecular complexity index is 285. The third kappa shape index (κ3) is 1.45. The molecule has 86 valence electrons. The highest BCUT2D eigenvalue weighted by Crippen LogP contribution is 2.56. The fraction of sp³-hybridized carbons (Fsp3) is 0.800. The van der Waals surface area contributed by atoms with E-state index in [-0.39, 0.29) is 5.97 Å². The van der Waals surface area contributed by atoms with Crippen molar-refractivity contribution in [3.63, 3.8) is 0 Å². The van der Waals surface area contributed by atoms with E-state index < -0.39 is 26.2 Å². The number of hydrogen-bond donors (Lipinski definition) is 0. The van der Waals surface area contributed by atoms with Gasteiger partial charge in [-0.25, -0.2) is 0 Å². The second-order valence-corrected chi connectivity index (χ2v) is 6.51. The van der Waals surface area contributed by atoms with Crippen molar-refractivity contribution in [2.45, 2.75) is 38.7 Å². The molecule has 1 saturated heterocycles. The van der Waals surface area contributed by atoms with Gasteiger partial charge in [-0.1, -0.05) is 13.8 Å². The van der Waals surface area contributed by atoms with Crippen LogP contribution in [0.15, 0.2) is 0 Å². The van der Waals surface area contributed by atoms with E-state index in [9.17, 15) is 9.59 Å². The Morgan fingerprint density at radius 2 is 1.80 bits per heavy atom. The first-order valence-corrected chi connectivity index (χ1v) is 6.52. The van der Waals surface area contributed by atoms with Crippen molar-refractivity contribution < 1.29 is 18.8 Å². The zero-order valence-corrected chi connectivity index (χ0v) is 11.2. The van der Waals surface area contributed by atoms with Gasteiger partial charge in [0.15, 0.2) is 9.76 Å². The van der Waals surface area contributed by atoms with Crippen LogP contribution in [0, 0.1) is 5.41 Å². The molecule has 1 aliphatic heterocycles. The van der Waals surface area contributed by atoms with Gasteiger partial charge in [-0.3, -0.25) is 9.59 Å². The molecule has 1 heterocycles. The number of carbonyl (C=O) groups is 2. The highest BCUT2D eigenvalue weighted by Gasteiger charge is 2.64. The van der Waals surface area contributed by atoms with Gasteiger partial charge in [0.2, 0.25) is 0 Å².